The first-order valence-corrected chi connectivity index (χ1v) is 7.61. The zero-order chi connectivity index (χ0) is 16.8. The van der Waals surface area contributed by atoms with E-state index in [2.05, 4.69) is 0 Å². The second kappa shape index (κ2) is 5.30. The fourth-order valence-electron chi connectivity index (χ4n) is 3.24. The van der Waals surface area contributed by atoms with Gasteiger partial charge in [-0.2, -0.15) is 0 Å². The predicted octanol–water partition coefficient (Wildman–Crippen LogP) is 2.16. The van der Waals surface area contributed by atoms with Crippen molar-refractivity contribution >= 4 is 6.09 Å². The lowest BCUT2D eigenvalue weighted by Gasteiger charge is -2.58. The molecule has 0 atom stereocenters. The van der Waals surface area contributed by atoms with Gasteiger partial charge in [0.25, 0.3) is 0 Å². The second-order valence-electron chi connectivity index (χ2n) is 7.66. The van der Waals surface area contributed by atoms with Crippen LogP contribution >= 0.6 is 0 Å². The van der Waals surface area contributed by atoms with Crippen molar-refractivity contribution in [3.8, 4) is 0 Å². The number of nitrogens with zero attached hydrogens (tertiary/aromatic N) is 1. The summed E-state index contributed by atoms with van der Waals surface area (Å²) in [5.74, 6) is -2.73. The van der Waals surface area contributed by atoms with Crippen molar-refractivity contribution in [2.24, 2.45) is 5.41 Å². The van der Waals surface area contributed by atoms with E-state index < -0.39 is 28.6 Å². The van der Waals surface area contributed by atoms with Gasteiger partial charge >= 0.3 is 6.09 Å². The Kier molecular flexibility index (Phi) is 4.19. The number of β-amino-alcohol motifs (C(OH)–C–C–N with tert-alkyl or cyclic N) is 1. The number of carbonyl (C=O) groups is 1. The summed E-state index contributed by atoms with van der Waals surface area (Å²) in [7, 11) is 0. The van der Waals surface area contributed by atoms with Crippen molar-refractivity contribution in [3.05, 3.63) is 0 Å². The number of aliphatic hydroxyl groups excluding tert-OH is 1. The summed E-state index contributed by atoms with van der Waals surface area (Å²) in [5, 5.41) is 20.4. The summed E-state index contributed by atoms with van der Waals surface area (Å²) in [6, 6.07) is 0. The molecule has 22 heavy (non-hydrogen) atoms. The normalized spacial score (nSPS) is 26.2. The van der Waals surface area contributed by atoms with Crippen molar-refractivity contribution in [2.45, 2.75) is 63.6 Å². The molecule has 2 rings (SSSR count). The predicted molar refractivity (Wildman–Crippen MR) is 75.7 cm³/mol. The molecular formula is C15H25F2NO4. The first kappa shape index (κ1) is 17.4. The van der Waals surface area contributed by atoms with Crippen LogP contribution in [0.1, 0.15) is 46.5 Å². The van der Waals surface area contributed by atoms with E-state index in [-0.39, 0.29) is 45.4 Å². The monoisotopic (exact) mass is 321 g/mol. The molecule has 2 N–H and O–H groups in total. The average Bonchev–Trinajstić information content (AvgIpc) is 2.33. The van der Waals surface area contributed by atoms with Crippen LogP contribution in [0.15, 0.2) is 0 Å². The molecule has 0 aromatic rings. The highest BCUT2D eigenvalue weighted by Gasteiger charge is 2.61. The van der Waals surface area contributed by atoms with Gasteiger partial charge in [-0.05, 0) is 33.6 Å². The molecule has 2 aliphatic rings. The fraction of sp³-hybridized carbons (Fsp3) is 0.933. The topological polar surface area (TPSA) is 70.0 Å². The summed E-state index contributed by atoms with van der Waals surface area (Å²) >= 11 is 0. The maximum atomic E-state index is 13.3. The van der Waals surface area contributed by atoms with Gasteiger partial charge in [0.2, 0.25) is 5.92 Å². The Labute approximate surface area is 129 Å². The molecule has 1 aliphatic carbocycles. The van der Waals surface area contributed by atoms with E-state index in [0.717, 1.165) is 0 Å². The van der Waals surface area contributed by atoms with Gasteiger partial charge in [-0.15, -0.1) is 0 Å². The number of likely N-dealkylation sites (tertiary alicyclic amines) is 1. The first-order valence-electron chi connectivity index (χ1n) is 7.61. The van der Waals surface area contributed by atoms with Crippen LogP contribution in [-0.4, -0.2) is 58.0 Å². The van der Waals surface area contributed by atoms with E-state index in [1.165, 1.54) is 4.90 Å². The Bertz CT molecular complexity index is 431. The summed E-state index contributed by atoms with van der Waals surface area (Å²) in [5.41, 5.74) is -2.92. The Balaban J connectivity index is 2.00. The van der Waals surface area contributed by atoms with Crippen molar-refractivity contribution in [3.63, 3.8) is 0 Å². The zero-order valence-electron chi connectivity index (χ0n) is 13.4. The third-order valence-electron chi connectivity index (χ3n) is 4.79. The van der Waals surface area contributed by atoms with Crippen LogP contribution in [-0.2, 0) is 4.74 Å². The first-order chi connectivity index (χ1) is 9.92. The Morgan fingerprint density at radius 1 is 1.18 bits per heavy atom. The van der Waals surface area contributed by atoms with E-state index in [0.29, 0.717) is 0 Å². The molecule has 1 saturated heterocycles. The number of halogens is 2. The standard InChI is InChI=1S/C15H25F2NO4/c1-12(2,3)22-11(20)18-8-14(21,9-18)13(10-19)4-6-15(16,17)7-5-13/h19,21H,4-10H2,1-3H3. The lowest BCUT2D eigenvalue weighted by atomic mass is 9.60. The summed E-state index contributed by atoms with van der Waals surface area (Å²) < 4.78 is 31.9. The SMILES string of the molecule is CC(C)(C)OC(=O)N1CC(O)(C2(CO)CCC(F)(F)CC2)C1. The van der Waals surface area contributed by atoms with Gasteiger partial charge in [-0.25, -0.2) is 13.6 Å². The maximum absolute atomic E-state index is 13.3. The third-order valence-corrected chi connectivity index (χ3v) is 4.79. The summed E-state index contributed by atoms with van der Waals surface area (Å²) in [6.07, 6.45) is -1.12. The number of hydrogen-bond acceptors (Lipinski definition) is 4. The van der Waals surface area contributed by atoms with E-state index in [9.17, 15) is 23.8 Å². The van der Waals surface area contributed by atoms with Gasteiger partial charge in [0.1, 0.15) is 11.2 Å². The minimum atomic E-state index is -2.73. The van der Waals surface area contributed by atoms with Gasteiger partial charge in [0, 0.05) is 18.3 Å². The molecule has 0 unspecified atom stereocenters. The molecule has 0 spiro atoms. The molecule has 1 amide bonds. The molecule has 0 radical (unpaired) electrons. The Morgan fingerprint density at radius 2 is 1.68 bits per heavy atom. The van der Waals surface area contributed by atoms with Crippen molar-refractivity contribution < 1.29 is 28.5 Å². The lowest BCUT2D eigenvalue weighted by Crippen LogP contribution is -2.72. The van der Waals surface area contributed by atoms with E-state index in [1.54, 1.807) is 20.8 Å². The van der Waals surface area contributed by atoms with E-state index in [1.807, 2.05) is 0 Å². The molecule has 0 aromatic carbocycles. The van der Waals surface area contributed by atoms with Gasteiger partial charge in [-0.1, -0.05) is 0 Å². The molecule has 2 fully saturated rings. The van der Waals surface area contributed by atoms with Crippen molar-refractivity contribution in [1.29, 1.82) is 0 Å². The number of hydrogen-bond donors (Lipinski definition) is 2. The number of rotatable bonds is 2. The quantitative estimate of drug-likeness (QED) is 0.818. The van der Waals surface area contributed by atoms with Gasteiger partial charge in [-0.3, -0.25) is 0 Å². The zero-order valence-corrected chi connectivity index (χ0v) is 13.4. The van der Waals surface area contributed by atoms with Crippen LogP contribution in [0.25, 0.3) is 0 Å². The average molecular weight is 321 g/mol. The molecule has 1 saturated carbocycles. The molecule has 128 valence electrons. The molecule has 0 bridgehead atoms. The lowest BCUT2D eigenvalue weighted by molar-refractivity contribution is -0.215. The van der Waals surface area contributed by atoms with Crippen LogP contribution in [0.4, 0.5) is 13.6 Å². The molecule has 7 heteroatoms. The third kappa shape index (κ3) is 3.20. The van der Waals surface area contributed by atoms with E-state index in [4.69, 9.17) is 4.74 Å². The minimum Gasteiger partial charge on any atom is -0.444 e. The van der Waals surface area contributed by atoms with Gasteiger partial charge < -0.3 is 19.8 Å². The molecular weight excluding hydrogens is 296 g/mol. The Morgan fingerprint density at radius 3 is 2.09 bits per heavy atom. The van der Waals surface area contributed by atoms with Gasteiger partial charge in [0.15, 0.2) is 0 Å². The summed E-state index contributed by atoms with van der Waals surface area (Å²) in [6.45, 7) is 4.89. The van der Waals surface area contributed by atoms with Crippen molar-refractivity contribution in [1.82, 2.24) is 4.90 Å². The number of ether oxygens (including phenoxy) is 1. The number of carbonyl (C=O) groups excluding carboxylic acids is 1. The van der Waals surface area contributed by atoms with Crippen LogP contribution in [0.2, 0.25) is 0 Å². The van der Waals surface area contributed by atoms with Crippen molar-refractivity contribution in [2.75, 3.05) is 19.7 Å². The van der Waals surface area contributed by atoms with Crippen LogP contribution in [0.5, 0.6) is 0 Å². The number of amides is 1. The molecule has 0 aromatic heterocycles. The minimum absolute atomic E-state index is 0.00798. The van der Waals surface area contributed by atoms with E-state index >= 15 is 0 Å². The largest absolute Gasteiger partial charge is 0.444 e. The second-order valence-corrected chi connectivity index (χ2v) is 7.66. The fourth-order valence-corrected chi connectivity index (χ4v) is 3.24. The summed E-state index contributed by atoms with van der Waals surface area (Å²) in [4.78, 5) is 13.3. The highest BCUT2D eigenvalue weighted by Crippen LogP contribution is 2.52. The van der Waals surface area contributed by atoms with Crippen LogP contribution < -0.4 is 0 Å². The number of alkyl halides is 2. The number of aliphatic hydroxyl groups is 2. The maximum Gasteiger partial charge on any atom is 0.410 e. The van der Waals surface area contributed by atoms with Gasteiger partial charge in [0.05, 0.1) is 19.7 Å². The molecule has 1 heterocycles. The molecule has 1 aliphatic heterocycles. The highest BCUT2D eigenvalue weighted by molar-refractivity contribution is 5.69. The smallest absolute Gasteiger partial charge is 0.410 e. The Hall–Kier alpha value is -0.950. The van der Waals surface area contributed by atoms with Crippen LogP contribution in [0, 0.1) is 5.41 Å². The molecule has 5 nitrogen and oxygen atoms in total. The van der Waals surface area contributed by atoms with Crippen LogP contribution in [0.3, 0.4) is 0 Å². The highest BCUT2D eigenvalue weighted by atomic mass is 19.3.